The van der Waals surface area contributed by atoms with E-state index in [2.05, 4.69) is 10.3 Å². The molecule has 1 aliphatic heterocycles. The highest BCUT2D eigenvalue weighted by Crippen LogP contribution is 2.52. The maximum absolute atomic E-state index is 12.9. The summed E-state index contributed by atoms with van der Waals surface area (Å²) in [5.41, 5.74) is -0.390. The molecule has 0 radical (unpaired) electrons. The molecule has 2 amide bonds. The Bertz CT molecular complexity index is 933. The van der Waals surface area contributed by atoms with Crippen LogP contribution in [-0.4, -0.2) is 45.0 Å². The third kappa shape index (κ3) is 3.37. The van der Waals surface area contributed by atoms with Crippen molar-refractivity contribution in [3.05, 3.63) is 22.4 Å². The van der Waals surface area contributed by atoms with Crippen LogP contribution in [-0.2, 0) is 15.1 Å². The number of nitrogens with zero attached hydrogens (tertiary/aromatic N) is 3. The minimum atomic E-state index is -0.656. The molecule has 1 saturated carbocycles. The number of imidazole rings is 1. The first-order valence-electron chi connectivity index (χ1n) is 9.39. The van der Waals surface area contributed by atoms with Crippen LogP contribution in [0.4, 0.5) is 4.79 Å². The fourth-order valence-corrected chi connectivity index (χ4v) is 5.33. The molecule has 7 nitrogen and oxygen atoms in total. The third-order valence-electron chi connectivity index (χ3n) is 5.40. The zero-order chi connectivity index (χ0) is 20.4. The number of carbonyl (C=O) groups excluding carboxylic acids is 2. The molecule has 28 heavy (non-hydrogen) atoms. The summed E-state index contributed by atoms with van der Waals surface area (Å²) in [6.07, 6.45) is 1.61. The lowest BCUT2D eigenvalue weighted by Gasteiger charge is -2.28. The Morgan fingerprint density at radius 2 is 1.89 bits per heavy atom. The minimum Gasteiger partial charge on any atom is -0.444 e. The van der Waals surface area contributed by atoms with Gasteiger partial charge in [0.25, 0.3) is 0 Å². The number of thiazole rings is 1. The van der Waals surface area contributed by atoms with E-state index in [1.165, 1.54) is 11.3 Å². The molecule has 0 aromatic carbocycles. The van der Waals surface area contributed by atoms with Crippen molar-refractivity contribution in [3.8, 4) is 0 Å². The highest BCUT2D eigenvalue weighted by molar-refractivity contribution is 7.15. The van der Waals surface area contributed by atoms with Crippen molar-refractivity contribution in [2.45, 2.75) is 45.8 Å². The zero-order valence-corrected chi connectivity index (χ0v) is 18.2. The molecule has 0 spiro atoms. The smallest absolute Gasteiger partial charge is 0.410 e. The second-order valence-electron chi connectivity index (χ2n) is 9.16. The molecule has 2 aliphatic rings. The SMILES string of the molecule is CC(C)(C)OC(=O)N1C[C@@H]2[C@H](C1)[C@H]2C(=O)NC(C)(C)c1c(Cl)nc2sccn12. The van der Waals surface area contributed by atoms with Crippen LogP contribution >= 0.6 is 22.9 Å². The van der Waals surface area contributed by atoms with E-state index in [9.17, 15) is 9.59 Å². The van der Waals surface area contributed by atoms with Gasteiger partial charge in [-0.25, -0.2) is 9.78 Å². The van der Waals surface area contributed by atoms with Gasteiger partial charge in [0.1, 0.15) is 5.60 Å². The van der Waals surface area contributed by atoms with Crippen LogP contribution in [0.3, 0.4) is 0 Å². The topological polar surface area (TPSA) is 75.9 Å². The van der Waals surface area contributed by atoms with Crippen LogP contribution in [0.5, 0.6) is 0 Å². The molecule has 4 rings (SSSR count). The highest BCUT2D eigenvalue weighted by atomic mass is 35.5. The van der Waals surface area contributed by atoms with E-state index in [0.29, 0.717) is 18.2 Å². The number of nitrogens with one attached hydrogen (secondary N) is 1. The van der Waals surface area contributed by atoms with Crippen molar-refractivity contribution in [1.82, 2.24) is 19.6 Å². The van der Waals surface area contributed by atoms with Crippen molar-refractivity contribution < 1.29 is 14.3 Å². The number of amides is 2. The van der Waals surface area contributed by atoms with E-state index in [1.807, 2.05) is 50.6 Å². The lowest BCUT2D eigenvalue weighted by Crippen LogP contribution is -2.44. The maximum atomic E-state index is 12.9. The van der Waals surface area contributed by atoms with Gasteiger partial charge in [-0.3, -0.25) is 9.20 Å². The molecule has 152 valence electrons. The predicted octanol–water partition coefficient (Wildman–Crippen LogP) is 3.51. The fourth-order valence-electron chi connectivity index (χ4n) is 4.16. The van der Waals surface area contributed by atoms with Crippen molar-refractivity contribution in [2.75, 3.05) is 13.1 Å². The van der Waals surface area contributed by atoms with Crippen molar-refractivity contribution in [1.29, 1.82) is 0 Å². The van der Waals surface area contributed by atoms with Gasteiger partial charge >= 0.3 is 6.09 Å². The Kier molecular flexibility index (Phi) is 4.43. The molecule has 3 heterocycles. The number of hydrogen-bond acceptors (Lipinski definition) is 5. The van der Waals surface area contributed by atoms with E-state index in [4.69, 9.17) is 16.3 Å². The van der Waals surface area contributed by atoms with Crippen LogP contribution in [0.2, 0.25) is 5.15 Å². The van der Waals surface area contributed by atoms with Gasteiger partial charge in [0.2, 0.25) is 5.91 Å². The molecule has 3 atom stereocenters. The summed E-state index contributed by atoms with van der Waals surface area (Å²) in [7, 11) is 0. The standard InChI is InChI=1S/C19H25ClN4O3S/c1-18(2,3)27-17(26)23-8-10-11(9-23)12(10)15(25)22-19(4,5)13-14(20)21-16-24(13)6-7-28-16/h6-7,10-12H,8-9H2,1-5H3,(H,22,25)/t10-,11+,12+. The number of fused-ring (bicyclic) bond motifs is 2. The van der Waals surface area contributed by atoms with Crippen molar-refractivity contribution >= 4 is 39.9 Å². The van der Waals surface area contributed by atoms with Crippen LogP contribution in [0, 0.1) is 17.8 Å². The lowest BCUT2D eigenvalue weighted by atomic mass is 10.0. The number of carbonyl (C=O) groups is 2. The van der Waals surface area contributed by atoms with E-state index in [0.717, 1.165) is 10.7 Å². The average Bonchev–Trinajstić information content (AvgIpc) is 2.91. The van der Waals surface area contributed by atoms with E-state index in [-0.39, 0.29) is 29.8 Å². The molecule has 0 bridgehead atoms. The van der Waals surface area contributed by atoms with Crippen molar-refractivity contribution in [3.63, 3.8) is 0 Å². The summed E-state index contributed by atoms with van der Waals surface area (Å²) in [5.74, 6) is 0.337. The quantitative estimate of drug-likeness (QED) is 0.817. The summed E-state index contributed by atoms with van der Waals surface area (Å²) in [6, 6.07) is 0. The van der Waals surface area contributed by atoms with Gasteiger partial charge in [-0.05, 0) is 46.5 Å². The molecule has 2 fully saturated rings. The Balaban J connectivity index is 1.39. The molecule has 1 saturated heterocycles. The number of piperidine rings is 1. The Morgan fingerprint density at radius 3 is 2.50 bits per heavy atom. The first-order valence-corrected chi connectivity index (χ1v) is 10.7. The summed E-state index contributed by atoms with van der Waals surface area (Å²) < 4.78 is 7.35. The first kappa shape index (κ1) is 19.5. The fraction of sp³-hybridized carbons (Fsp3) is 0.632. The molecule has 0 unspecified atom stereocenters. The summed E-state index contributed by atoms with van der Waals surface area (Å²) in [4.78, 5) is 32.0. The first-order chi connectivity index (χ1) is 13.0. The largest absolute Gasteiger partial charge is 0.444 e. The molecular formula is C19H25ClN4O3S. The Labute approximate surface area is 173 Å². The molecule has 1 N–H and O–H groups in total. The zero-order valence-electron chi connectivity index (χ0n) is 16.7. The van der Waals surface area contributed by atoms with Gasteiger partial charge in [-0.15, -0.1) is 11.3 Å². The van der Waals surface area contributed by atoms with Crippen molar-refractivity contribution in [2.24, 2.45) is 17.8 Å². The molecule has 2 aromatic rings. The number of halogens is 1. The van der Waals surface area contributed by atoms with E-state index in [1.54, 1.807) is 4.90 Å². The molecule has 2 aromatic heterocycles. The van der Waals surface area contributed by atoms with Crippen LogP contribution < -0.4 is 5.32 Å². The van der Waals surface area contributed by atoms with Gasteiger partial charge in [-0.1, -0.05) is 11.6 Å². The molecule has 9 heteroatoms. The van der Waals surface area contributed by atoms with Gasteiger partial charge in [-0.2, -0.15) is 0 Å². The maximum Gasteiger partial charge on any atom is 0.410 e. The van der Waals surface area contributed by atoms with E-state index >= 15 is 0 Å². The highest BCUT2D eigenvalue weighted by Gasteiger charge is 2.61. The number of likely N-dealkylation sites (tertiary alicyclic amines) is 1. The summed E-state index contributed by atoms with van der Waals surface area (Å²) >= 11 is 7.84. The van der Waals surface area contributed by atoms with Gasteiger partial charge in [0, 0.05) is 30.6 Å². The lowest BCUT2D eigenvalue weighted by molar-refractivity contribution is -0.125. The van der Waals surface area contributed by atoms with Crippen LogP contribution in [0.25, 0.3) is 4.96 Å². The van der Waals surface area contributed by atoms with Crippen LogP contribution in [0.1, 0.15) is 40.3 Å². The average molecular weight is 425 g/mol. The van der Waals surface area contributed by atoms with Gasteiger partial charge < -0.3 is 15.0 Å². The van der Waals surface area contributed by atoms with Crippen LogP contribution in [0.15, 0.2) is 11.6 Å². The third-order valence-corrected chi connectivity index (χ3v) is 6.42. The number of aromatic nitrogens is 2. The van der Waals surface area contributed by atoms with E-state index < -0.39 is 11.1 Å². The van der Waals surface area contributed by atoms with Gasteiger partial charge in [0.05, 0.1) is 11.2 Å². The normalized spacial score (nSPS) is 24.4. The second kappa shape index (κ2) is 6.35. The Morgan fingerprint density at radius 1 is 1.25 bits per heavy atom. The summed E-state index contributed by atoms with van der Waals surface area (Å²) in [6.45, 7) is 10.6. The summed E-state index contributed by atoms with van der Waals surface area (Å²) in [5, 5.41) is 5.49. The predicted molar refractivity (Wildman–Crippen MR) is 108 cm³/mol. The molecular weight excluding hydrogens is 400 g/mol. The molecule has 1 aliphatic carbocycles. The van der Waals surface area contributed by atoms with Gasteiger partial charge in [0.15, 0.2) is 10.1 Å². The number of hydrogen-bond donors (Lipinski definition) is 1. The second-order valence-corrected chi connectivity index (χ2v) is 10.4. The number of ether oxygens (including phenoxy) is 1. The Hall–Kier alpha value is -1.80. The monoisotopic (exact) mass is 424 g/mol. The minimum absolute atomic E-state index is 0.00471. The number of rotatable bonds is 3.